The molecule has 0 bridgehead atoms. The molecular formula is C20H20N6OS. The number of rotatable bonds is 4. The zero-order valence-electron chi connectivity index (χ0n) is 15.2. The minimum absolute atomic E-state index is 0.0511. The van der Waals surface area contributed by atoms with Crippen molar-refractivity contribution in [2.75, 3.05) is 10.6 Å². The quantitative estimate of drug-likeness (QED) is 0.612. The summed E-state index contributed by atoms with van der Waals surface area (Å²) < 4.78 is 0. The SMILES string of the molecule is O=C1NC2(CCCCC2)c2cc(Nc3cc(Nc4ccccn4)ncn3)sc21. The normalized spacial score (nSPS) is 17.2. The lowest BCUT2D eigenvalue weighted by Crippen LogP contribution is -2.40. The van der Waals surface area contributed by atoms with E-state index in [1.807, 2.05) is 24.3 Å². The molecule has 28 heavy (non-hydrogen) atoms. The maximum absolute atomic E-state index is 12.5. The second kappa shape index (κ2) is 6.87. The number of fused-ring (bicyclic) bond motifs is 2. The van der Waals surface area contributed by atoms with Crippen LogP contribution in [-0.4, -0.2) is 20.9 Å². The van der Waals surface area contributed by atoms with E-state index in [1.54, 1.807) is 6.20 Å². The molecule has 1 saturated carbocycles. The summed E-state index contributed by atoms with van der Waals surface area (Å²) in [6, 6.07) is 9.59. The molecule has 0 aromatic carbocycles. The highest BCUT2D eigenvalue weighted by atomic mass is 32.1. The van der Waals surface area contributed by atoms with Gasteiger partial charge in [0.05, 0.1) is 15.4 Å². The molecule has 3 aromatic rings. The lowest BCUT2D eigenvalue weighted by atomic mass is 9.78. The van der Waals surface area contributed by atoms with Crippen LogP contribution in [-0.2, 0) is 5.54 Å². The molecule has 0 saturated heterocycles. The number of thiophene rings is 1. The molecule has 8 heteroatoms. The third kappa shape index (κ3) is 3.09. The van der Waals surface area contributed by atoms with Crippen LogP contribution in [0.15, 0.2) is 42.9 Å². The lowest BCUT2D eigenvalue weighted by molar-refractivity contribution is 0.0912. The third-order valence-corrected chi connectivity index (χ3v) is 6.40. The summed E-state index contributed by atoms with van der Waals surface area (Å²) in [5.74, 6) is 2.10. The predicted molar refractivity (Wildman–Crippen MR) is 109 cm³/mol. The zero-order valence-corrected chi connectivity index (χ0v) is 16.1. The van der Waals surface area contributed by atoms with E-state index in [9.17, 15) is 4.79 Å². The number of hydrogen-bond donors (Lipinski definition) is 3. The summed E-state index contributed by atoms with van der Waals surface area (Å²) in [4.78, 5) is 26.1. The van der Waals surface area contributed by atoms with Gasteiger partial charge in [-0.15, -0.1) is 11.3 Å². The molecule has 1 spiro atoms. The maximum Gasteiger partial charge on any atom is 0.262 e. The molecule has 1 fully saturated rings. The molecule has 0 atom stereocenters. The molecule has 3 N–H and O–H groups in total. The van der Waals surface area contributed by atoms with Gasteiger partial charge in [-0.2, -0.15) is 0 Å². The van der Waals surface area contributed by atoms with Crippen LogP contribution in [0.1, 0.15) is 47.3 Å². The molecule has 5 rings (SSSR count). The highest BCUT2D eigenvalue weighted by Gasteiger charge is 2.44. The maximum atomic E-state index is 12.5. The largest absolute Gasteiger partial charge is 0.342 e. The zero-order chi connectivity index (χ0) is 19.0. The van der Waals surface area contributed by atoms with Gasteiger partial charge in [-0.05, 0) is 31.0 Å². The van der Waals surface area contributed by atoms with Crippen LogP contribution in [0.3, 0.4) is 0 Å². The minimum Gasteiger partial charge on any atom is -0.342 e. The monoisotopic (exact) mass is 392 g/mol. The first kappa shape index (κ1) is 17.1. The average molecular weight is 392 g/mol. The van der Waals surface area contributed by atoms with Gasteiger partial charge in [0.1, 0.15) is 23.8 Å². The summed E-state index contributed by atoms with van der Waals surface area (Å²) in [6.45, 7) is 0. The summed E-state index contributed by atoms with van der Waals surface area (Å²) in [6.07, 6.45) is 8.84. The van der Waals surface area contributed by atoms with Crippen LogP contribution in [0.4, 0.5) is 22.5 Å². The number of carbonyl (C=O) groups excluding carboxylic acids is 1. The van der Waals surface area contributed by atoms with Crippen molar-refractivity contribution in [3.8, 4) is 0 Å². The fraction of sp³-hybridized carbons (Fsp3) is 0.300. The topological polar surface area (TPSA) is 91.8 Å². The highest BCUT2D eigenvalue weighted by molar-refractivity contribution is 7.18. The molecule has 0 radical (unpaired) electrons. The number of nitrogens with zero attached hydrogens (tertiary/aromatic N) is 3. The molecule has 0 unspecified atom stereocenters. The summed E-state index contributed by atoms with van der Waals surface area (Å²) in [7, 11) is 0. The minimum atomic E-state index is -0.168. The number of pyridine rings is 1. The van der Waals surface area contributed by atoms with Gasteiger partial charge in [0.2, 0.25) is 0 Å². The van der Waals surface area contributed by atoms with Crippen molar-refractivity contribution in [2.45, 2.75) is 37.6 Å². The smallest absolute Gasteiger partial charge is 0.262 e. The van der Waals surface area contributed by atoms with E-state index in [2.05, 4.69) is 37.0 Å². The van der Waals surface area contributed by atoms with Crippen LogP contribution < -0.4 is 16.0 Å². The van der Waals surface area contributed by atoms with E-state index in [-0.39, 0.29) is 11.4 Å². The van der Waals surface area contributed by atoms with E-state index < -0.39 is 0 Å². The Morgan fingerprint density at radius 2 is 1.79 bits per heavy atom. The van der Waals surface area contributed by atoms with Crippen molar-refractivity contribution in [3.05, 3.63) is 53.3 Å². The molecule has 1 amide bonds. The fourth-order valence-electron chi connectivity index (χ4n) is 4.06. The van der Waals surface area contributed by atoms with E-state index in [4.69, 9.17) is 0 Å². The van der Waals surface area contributed by atoms with Crippen LogP contribution in [0, 0.1) is 0 Å². The molecular weight excluding hydrogens is 372 g/mol. The summed E-state index contributed by atoms with van der Waals surface area (Å²) in [5, 5.41) is 10.7. The second-order valence-electron chi connectivity index (χ2n) is 7.20. The van der Waals surface area contributed by atoms with Crippen LogP contribution >= 0.6 is 11.3 Å². The first-order chi connectivity index (χ1) is 13.7. The lowest BCUT2D eigenvalue weighted by Gasteiger charge is -2.33. The van der Waals surface area contributed by atoms with Gasteiger partial charge in [-0.3, -0.25) is 4.79 Å². The number of nitrogens with one attached hydrogen (secondary N) is 3. The highest BCUT2D eigenvalue weighted by Crippen LogP contribution is 2.47. The number of anilines is 4. The van der Waals surface area contributed by atoms with Gasteiger partial charge in [0.15, 0.2) is 0 Å². The Kier molecular flexibility index (Phi) is 4.20. The standard InChI is InChI=1S/C20H20N6OS/c27-19-18-13(20(26-19)7-3-1-4-8-20)10-17(28-18)25-16-11-15(22-12-23-16)24-14-6-2-5-9-21-14/h2,5-6,9-12H,1,3-4,7-8H2,(H,26,27)(H2,21,22,23,24,25). The fourth-order valence-corrected chi connectivity index (χ4v) is 5.12. The Morgan fingerprint density at radius 1 is 0.964 bits per heavy atom. The van der Waals surface area contributed by atoms with Crippen LogP contribution in [0.2, 0.25) is 0 Å². The van der Waals surface area contributed by atoms with Gasteiger partial charge in [0, 0.05) is 17.8 Å². The average Bonchev–Trinajstić information content (AvgIpc) is 3.23. The van der Waals surface area contributed by atoms with Crippen molar-refractivity contribution in [2.24, 2.45) is 0 Å². The molecule has 1 aliphatic carbocycles. The van der Waals surface area contributed by atoms with Crippen molar-refractivity contribution in [1.29, 1.82) is 0 Å². The van der Waals surface area contributed by atoms with Gasteiger partial charge in [-0.1, -0.05) is 25.3 Å². The van der Waals surface area contributed by atoms with Crippen molar-refractivity contribution in [3.63, 3.8) is 0 Å². The first-order valence-corrected chi connectivity index (χ1v) is 10.3. The molecule has 3 aromatic heterocycles. The van der Waals surface area contributed by atoms with Gasteiger partial charge in [0.25, 0.3) is 5.91 Å². The van der Waals surface area contributed by atoms with E-state index in [0.717, 1.165) is 46.9 Å². The Morgan fingerprint density at radius 3 is 2.57 bits per heavy atom. The number of hydrogen-bond acceptors (Lipinski definition) is 7. The van der Waals surface area contributed by atoms with Gasteiger partial charge >= 0.3 is 0 Å². The number of amides is 1. The Balaban J connectivity index is 1.38. The van der Waals surface area contributed by atoms with E-state index >= 15 is 0 Å². The summed E-state index contributed by atoms with van der Waals surface area (Å²) in [5.41, 5.74) is 0.976. The van der Waals surface area contributed by atoms with Crippen molar-refractivity contribution >= 4 is 39.7 Å². The summed E-state index contributed by atoms with van der Waals surface area (Å²) >= 11 is 1.49. The number of aromatic nitrogens is 3. The van der Waals surface area contributed by atoms with Crippen molar-refractivity contribution in [1.82, 2.24) is 20.3 Å². The Labute approximate surface area is 166 Å². The van der Waals surface area contributed by atoms with Gasteiger partial charge < -0.3 is 16.0 Å². The van der Waals surface area contributed by atoms with Gasteiger partial charge in [-0.25, -0.2) is 15.0 Å². The molecule has 7 nitrogen and oxygen atoms in total. The van der Waals surface area contributed by atoms with E-state index in [0.29, 0.717) is 11.6 Å². The molecule has 1 aliphatic heterocycles. The molecule has 2 aliphatic rings. The first-order valence-electron chi connectivity index (χ1n) is 9.46. The Bertz CT molecular complexity index is 1010. The van der Waals surface area contributed by atoms with Crippen LogP contribution in [0.25, 0.3) is 0 Å². The third-order valence-electron chi connectivity index (χ3n) is 5.35. The van der Waals surface area contributed by atoms with Crippen molar-refractivity contribution < 1.29 is 4.79 Å². The second-order valence-corrected chi connectivity index (χ2v) is 8.26. The molecule has 142 valence electrons. The molecule has 4 heterocycles. The van der Waals surface area contributed by atoms with E-state index in [1.165, 1.54) is 24.1 Å². The Hall–Kier alpha value is -3.00. The number of carbonyl (C=O) groups is 1. The van der Waals surface area contributed by atoms with Crippen LogP contribution in [0.5, 0.6) is 0 Å². The predicted octanol–water partition coefficient (Wildman–Crippen LogP) is 4.32.